The zero-order valence-corrected chi connectivity index (χ0v) is 9.42. The third-order valence-corrected chi connectivity index (χ3v) is 4.07. The van der Waals surface area contributed by atoms with E-state index in [2.05, 4.69) is 10.2 Å². The summed E-state index contributed by atoms with van der Waals surface area (Å²) in [5.74, 6) is 0.184. The van der Waals surface area contributed by atoms with Crippen molar-refractivity contribution in [3.63, 3.8) is 0 Å². The summed E-state index contributed by atoms with van der Waals surface area (Å²) >= 11 is 3.95. The van der Waals surface area contributed by atoms with Crippen LogP contribution < -0.4 is 5.73 Å². The van der Waals surface area contributed by atoms with Crippen LogP contribution in [0.5, 0.6) is 0 Å². The number of hydrogen-bond acceptors (Lipinski definition) is 7. The highest BCUT2D eigenvalue weighted by molar-refractivity contribution is 8.03. The molecule has 0 bridgehead atoms. The average molecular weight is 246 g/mol. The Morgan fingerprint density at radius 2 is 2.14 bits per heavy atom. The van der Waals surface area contributed by atoms with Gasteiger partial charge in [0.1, 0.15) is 0 Å². The molecule has 5 nitrogen and oxygen atoms in total. The van der Waals surface area contributed by atoms with Gasteiger partial charge in [0, 0.05) is 0 Å². The van der Waals surface area contributed by atoms with Crippen LogP contribution in [-0.4, -0.2) is 27.6 Å². The molecule has 14 heavy (non-hydrogen) atoms. The van der Waals surface area contributed by atoms with Crippen LogP contribution in [0.25, 0.3) is 0 Å². The van der Waals surface area contributed by atoms with Crippen LogP contribution in [0.15, 0.2) is 8.68 Å². The molecule has 2 N–H and O–H groups in total. The summed E-state index contributed by atoms with van der Waals surface area (Å²) in [5, 5.41) is 16.0. The lowest BCUT2D eigenvalue weighted by molar-refractivity contribution is -0.115. The SMILES string of the molecule is N#CCSc1nnc(SCC(N)=O)s1. The van der Waals surface area contributed by atoms with Gasteiger partial charge in [-0.05, 0) is 0 Å². The number of rotatable bonds is 5. The van der Waals surface area contributed by atoms with Crippen molar-refractivity contribution < 1.29 is 4.79 Å². The molecule has 8 heteroatoms. The Hall–Kier alpha value is -0.780. The lowest BCUT2D eigenvalue weighted by Crippen LogP contribution is -2.12. The molecule has 0 radical (unpaired) electrons. The number of nitrogens with zero attached hydrogens (tertiary/aromatic N) is 3. The fraction of sp³-hybridized carbons (Fsp3) is 0.333. The summed E-state index contributed by atoms with van der Waals surface area (Å²) in [6, 6.07) is 2.00. The zero-order chi connectivity index (χ0) is 10.4. The lowest BCUT2D eigenvalue weighted by Gasteiger charge is -1.88. The number of carbonyl (C=O) groups is 1. The third kappa shape index (κ3) is 3.95. The standard InChI is InChI=1S/C6H6N4OS3/c7-1-2-12-5-9-10-6(14-5)13-3-4(8)11/h2-3H2,(H2,8,11). The molecular weight excluding hydrogens is 240 g/mol. The molecule has 0 unspecified atom stereocenters. The van der Waals surface area contributed by atoms with Crippen molar-refractivity contribution >= 4 is 40.8 Å². The molecule has 1 heterocycles. The zero-order valence-electron chi connectivity index (χ0n) is 6.97. The maximum absolute atomic E-state index is 10.5. The van der Waals surface area contributed by atoms with E-state index >= 15 is 0 Å². The molecule has 0 spiro atoms. The second kappa shape index (κ2) is 5.85. The van der Waals surface area contributed by atoms with E-state index in [0.717, 1.165) is 4.34 Å². The normalized spacial score (nSPS) is 9.64. The van der Waals surface area contributed by atoms with Crippen molar-refractivity contribution in [3.8, 4) is 6.07 Å². The predicted molar refractivity (Wildman–Crippen MR) is 56.2 cm³/mol. The van der Waals surface area contributed by atoms with E-state index in [4.69, 9.17) is 11.0 Å². The van der Waals surface area contributed by atoms with Crippen LogP contribution in [0.1, 0.15) is 0 Å². The number of primary amides is 1. The molecule has 1 aromatic heterocycles. The summed E-state index contributed by atoms with van der Waals surface area (Å²) < 4.78 is 1.43. The Morgan fingerprint density at radius 3 is 2.71 bits per heavy atom. The first-order valence-electron chi connectivity index (χ1n) is 3.46. The Bertz CT molecular complexity index is 358. The second-order valence-electron chi connectivity index (χ2n) is 2.04. The minimum Gasteiger partial charge on any atom is -0.369 e. The highest BCUT2D eigenvalue weighted by atomic mass is 32.2. The monoisotopic (exact) mass is 246 g/mol. The summed E-state index contributed by atoms with van der Waals surface area (Å²) in [6.45, 7) is 0. The van der Waals surface area contributed by atoms with Gasteiger partial charge in [0.25, 0.3) is 0 Å². The first-order valence-corrected chi connectivity index (χ1v) is 6.25. The minimum atomic E-state index is -0.378. The van der Waals surface area contributed by atoms with Crippen molar-refractivity contribution in [1.29, 1.82) is 5.26 Å². The topological polar surface area (TPSA) is 92.7 Å². The second-order valence-corrected chi connectivity index (χ2v) is 5.46. The first-order chi connectivity index (χ1) is 6.72. The number of thioether (sulfide) groups is 2. The predicted octanol–water partition coefficient (Wildman–Crippen LogP) is 0.731. The molecule has 0 atom stereocenters. The summed E-state index contributed by atoms with van der Waals surface area (Å²) in [6.07, 6.45) is 0. The van der Waals surface area contributed by atoms with Gasteiger partial charge in [-0.25, -0.2) is 0 Å². The van der Waals surface area contributed by atoms with Gasteiger partial charge >= 0.3 is 0 Å². The Morgan fingerprint density at radius 1 is 1.50 bits per heavy atom. The number of aromatic nitrogens is 2. The van der Waals surface area contributed by atoms with Crippen molar-refractivity contribution in [2.24, 2.45) is 5.73 Å². The molecule has 0 saturated carbocycles. The van der Waals surface area contributed by atoms with Gasteiger partial charge in [0.2, 0.25) is 5.91 Å². The van der Waals surface area contributed by atoms with Crippen molar-refractivity contribution in [2.45, 2.75) is 8.68 Å². The van der Waals surface area contributed by atoms with Gasteiger partial charge in [-0.1, -0.05) is 34.9 Å². The largest absolute Gasteiger partial charge is 0.369 e. The van der Waals surface area contributed by atoms with E-state index in [1.165, 1.54) is 34.9 Å². The van der Waals surface area contributed by atoms with Gasteiger partial charge in [0.15, 0.2) is 8.68 Å². The Kier molecular flexibility index (Phi) is 4.72. The summed E-state index contributed by atoms with van der Waals surface area (Å²) in [5.41, 5.74) is 4.98. The highest BCUT2D eigenvalue weighted by Crippen LogP contribution is 2.28. The molecule has 0 aromatic carbocycles. The van der Waals surface area contributed by atoms with Crippen LogP contribution >= 0.6 is 34.9 Å². The molecule has 1 aromatic rings. The molecule has 74 valence electrons. The Labute approximate surface area is 93.1 Å². The van der Waals surface area contributed by atoms with E-state index in [1.54, 1.807) is 0 Å². The fourth-order valence-corrected chi connectivity index (χ4v) is 2.96. The van der Waals surface area contributed by atoms with Crippen molar-refractivity contribution in [3.05, 3.63) is 0 Å². The van der Waals surface area contributed by atoms with Gasteiger partial charge in [0.05, 0.1) is 17.6 Å². The molecule has 0 saturated heterocycles. The maximum atomic E-state index is 10.5. The molecule has 1 amide bonds. The van der Waals surface area contributed by atoms with Crippen LogP contribution in [0.4, 0.5) is 0 Å². The van der Waals surface area contributed by atoms with Crippen LogP contribution in [0.2, 0.25) is 0 Å². The smallest absolute Gasteiger partial charge is 0.227 e. The van der Waals surface area contributed by atoms with E-state index < -0.39 is 0 Å². The van der Waals surface area contributed by atoms with Gasteiger partial charge in [-0.3, -0.25) is 4.79 Å². The number of nitriles is 1. The van der Waals surface area contributed by atoms with Crippen LogP contribution in [-0.2, 0) is 4.79 Å². The molecule has 0 aliphatic carbocycles. The number of amides is 1. The van der Waals surface area contributed by atoms with Crippen LogP contribution in [0, 0.1) is 11.3 Å². The quantitative estimate of drug-likeness (QED) is 0.770. The lowest BCUT2D eigenvalue weighted by atomic mass is 10.8. The third-order valence-electron chi connectivity index (χ3n) is 0.986. The molecular formula is C6H6N4OS3. The van der Waals surface area contributed by atoms with E-state index in [-0.39, 0.29) is 11.7 Å². The van der Waals surface area contributed by atoms with E-state index in [9.17, 15) is 4.79 Å². The highest BCUT2D eigenvalue weighted by Gasteiger charge is 2.06. The number of nitrogens with two attached hydrogens (primary N) is 1. The van der Waals surface area contributed by atoms with Crippen LogP contribution in [0.3, 0.4) is 0 Å². The summed E-state index contributed by atoms with van der Waals surface area (Å²) in [4.78, 5) is 10.5. The van der Waals surface area contributed by atoms with Crippen molar-refractivity contribution in [2.75, 3.05) is 11.5 Å². The van der Waals surface area contributed by atoms with Gasteiger partial charge < -0.3 is 5.73 Å². The average Bonchev–Trinajstić information content (AvgIpc) is 2.59. The maximum Gasteiger partial charge on any atom is 0.227 e. The number of hydrogen-bond donors (Lipinski definition) is 1. The van der Waals surface area contributed by atoms with Gasteiger partial charge in [-0.2, -0.15) is 5.26 Å². The van der Waals surface area contributed by atoms with Crippen molar-refractivity contribution in [1.82, 2.24) is 10.2 Å². The summed E-state index contributed by atoms with van der Waals surface area (Å²) in [7, 11) is 0. The molecule has 0 aliphatic heterocycles. The molecule has 0 aliphatic rings. The number of carbonyl (C=O) groups excluding carboxylic acids is 1. The molecule has 1 rings (SSSR count). The first kappa shape index (κ1) is 11.3. The fourth-order valence-electron chi connectivity index (χ4n) is 0.541. The van der Waals surface area contributed by atoms with Gasteiger partial charge in [-0.15, -0.1) is 10.2 Å². The van der Waals surface area contributed by atoms with E-state index in [1.807, 2.05) is 6.07 Å². The Balaban J connectivity index is 2.43. The minimum absolute atomic E-state index is 0.206. The van der Waals surface area contributed by atoms with E-state index in [0.29, 0.717) is 10.1 Å². The molecule has 0 fully saturated rings.